The fourth-order valence-corrected chi connectivity index (χ4v) is 3.29. The van der Waals surface area contributed by atoms with Crippen LogP contribution in [0.3, 0.4) is 0 Å². The monoisotopic (exact) mass is 440 g/mol. The van der Waals surface area contributed by atoms with Gasteiger partial charge in [-0.1, -0.05) is 48.5 Å². The maximum Gasteiger partial charge on any atom is 0.308 e. The number of nitrogens with one attached hydrogen (secondary N) is 1. The Kier molecular flexibility index (Phi) is 6.36. The van der Waals surface area contributed by atoms with Crippen molar-refractivity contribution in [3.05, 3.63) is 94.8 Å². The molecular formula is C25H20N4O4. The van der Waals surface area contributed by atoms with Gasteiger partial charge < -0.3 is 4.74 Å². The highest BCUT2D eigenvalue weighted by Crippen LogP contribution is 2.24. The second kappa shape index (κ2) is 9.69. The molecule has 1 N–H and O–H groups in total. The van der Waals surface area contributed by atoms with E-state index in [-0.39, 0.29) is 12.1 Å². The zero-order chi connectivity index (χ0) is 23.2. The van der Waals surface area contributed by atoms with Crippen LogP contribution >= 0.6 is 0 Å². The van der Waals surface area contributed by atoms with E-state index in [4.69, 9.17) is 4.74 Å². The first-order valence-corrected chi connectivity index (χ1v) is 10.2. The number of rotatable bonds is 6. The summed E-state index contributed by atoms with van der Waals surface area (Å²) in [7, 11) is 0. The highest BCUT2D eigenvalue weighted by atomic mass is 16.5. The van der Waals surface area contributed by atoms with Crippen molar-refractivity contribution in [2.45, 2.75) is 13.5 Å². The van der Waals surface area contributed by atoms with Gasteiger partial charge in [0.05, 0.1) is 17.3 Å². The van der Waals surface area contributed by atoms with Crippen molar-refractivity contribution in [3.8, 4) is 17.0 Å². The van der Waals surface area contributed by atoms with Crippen molar-refractivity contribution in [2.75, 3.05) is 0 Å². The molecule has 0 aliphatic rings. The Morgan fingerprint density at radius 1 is 0.970 bits per heavy atom. The minimum Gasteiger partial charge on any atom is -0.427 e. The molecule has 0 saturated heterocycles. The molecule has 8 nitrogen and oxygen atoms in total. The van der Waals surface area contributed by atoms with E-state index in [0.717, 1.165) is 15.6 Å². The average molecular weight is 440 g/mol. The van der Waals surface area contributed by atoms with Crippen LogP contribution in [0.5, 0.6) is 5.75 Å². The number of carbonyl (C=O) groups excluding carboxylic acids is 2. The number of hydrogen-bond acceptors (Lipinski definition) is 6. The lowest BCUT2D eigenvalue weighted by Crippen LogP contribution is -2.32. The third-order valence-corrected chi connectivity index (χ3v) is 4.75. The smallest absolute Gasteiger partial charge is 0.308 e. The van der Waals surface area contributed by atoms with E-state index >= 15 is 0 Å². The van der Waals surface area contributed by atoms with E-state index < -0.39 is 11.9 Å². The van der Waals surface area contributed by atoms with Crippen molar-refractivity contribution in [1.82, 2.24) is 15.2 Å². The van der Waals surface area contributed by atoms with Gasteiger partial charge in [-0.2, -0.15) is 10.2 Å². The Morgan fingerprint density at radius 3 is 2.33 bits per heavy atom. The second-order valence-electron chi connectivity index (χ2n) is 7.18. The van der Waals surface area contributed by atoms with Gasteiger partial charge in [0.1, 0.15) is 12.3 Å². The first-order valence-electron chi connectivity index (χ1n) is 10.2. The molecule has 4 rings (SSSR count). The summed E-state index contributed by atoms with van der Waals surface area (Å²) in [6.07, 6.45) is 1.45. The zero-order valence-electron chi connectivity index (χ0n) is 17.8. The molecule has 1 heterocycles. The topological polar surface area (TPSA) is 103 Å². The number of carbonyl (C=O) groups is 2. The van der Waals surface area contributed by atoms with Gasteiger partial charge >= 0.3 is 5.97 Å². The van der Waals surface area contributed by atoms with Crippen LogP contribution in [0.25, 0.3) is 22.0 Å². The summed E-state index contributed by atoms with van der Waals surface area (Å²) in [5.74, 6) is -0.483. The quantitative estimate of drug-likeness (QED) is 0.215. The van der Waals surface area contributed by atoms with E-state index in [0.29, 0.717) is 22.4 Å². The fraction of sp³-hybridized carbons (Fsp3) is 0.0800. The molecule has 0 saturated carbocycles. The van der Waals surface area contributed by atoms with Crippen LogP contribution in [0, 0.1) is 0 Å². The molecule has 0 radical (unpaired) electrons. The van der Waals surface area contributed by atoms with Crippen molar-refractivity contribution in [1.29, 1.82) is 0 Å². The largest absolute Gasteiger partial charge is 0.427 e. The lowest BCUT2D eigenvalue weighted by molar-refractivity contribution is -0.131. The van der Waals surface area contributed by atoms with Crippen molar-refractivity contribution >= 4 is 28.9 Å². The number of esters is 1. The van der Waals surface area contributed by atoms with Crippen molar-refractivity contribution in [3.63, 3.8) is 0 Å². The van der Waals surface area contributed by atoms with Crippen LogP contribution in [0.1, 0.15) is 12.5 Å². The fourth-order valence-electron chi connectivity index (χ4n) is 3.29. The predicted molar refractivity (Wildman–Crippen MR) is 125 cm³/mol. The minimum absolute atomic E-state index is 0.285. The van der Waals surface area contributed by atoms with Gasteiger partial charge in [0.25, 0.3) is 11.5 Å². The third kappa shape index (κ3) is 5.19. The van der Waals surface area contributed by atoms with Crippen LogP contribution in [-0.4, -0.2) is 27.9 Å². The molecule has 1 amide bonds. The molecule has 33 heavy (non-hydrogen) atoms. The molecule has 0 unspecified atom stereocenters. The van der Waals surface area contributed by atoms with Crippen LogP contribution in [0.2, 0.25) is 0 Å². The molecule has 0 aliphatic carbocycles. The molecule has 0 spiro atoms. The van der Waals surface area contributed by atoms with E-state index in [1.54, 1.807) is 36.4 Å². The van der Waals surface area contributed by atoms with Gasteiger partial charge in [-0.25, -0.2) is 10.1 Å². The summed E-state index contributed by atoms with van der Waals surface area (Å²) in [4.78, 5) is 36.3. The average Bonchev–Trinajstić information content (AvgIpc) is 2.82. The number of hydrazone groups is 1. The molecule has 0 bridgehead atoms. The normalized spacial score (nSPS) is 10.9. The Labute approximate surface area is 189 Å². The van der Waals surface area contributed by atoms with Gasteiger partial charge in [-0.3, -0.25) is 14.4 Å². The SMILES string of the molecule is CC(=O)Oc1ccc(/C=N/NC(=O)Cn2nc(-c3ccccc3)c3ccccc3c2=O)cc1. The van der Waals surface area contributed by atoms with Crippen LogP contribution in [0.15, 0.2) is 88.8 Å². The number of fused-ring (bicyclic) bond motifs is 1. The van der Waals surface area contributed by atoms with Gasteiger partial charge in [0.15, 0.2) is 0 Å². The molecule has 0 aliphatic heterocycles. The molecule has 0 fully saturated rings. The lowest BCUT2D eigenvalue weighted by atomic mass is 10.1. The molecular weight excluding hydrogens is 420 g/mol. The van der Waals surface area contributed by atoms with Crippen molar-refractivity contribution in [2.24, 2.45) is 5.10 Å². The molecule has 3 aromatic carbocycles. The van der Waals surface area contributed by atoms with Crippen LogP contribution in [0.4, 0.5) is 0 Å². The maximum atomic E-state index is 12.9. The van der Waals surface area contributed by atoms with Gasteiger partial charge in [-0.05, 0) is 35.9 Å². The summed E-state index contributed by atoms with van der Waals surface area (Å²) < 4.78 is 6.11. The Bertz CT molecular complexity index is 1390. The first kappa shape index (κ1) is 21.6. The van der Waals surface area contributed by atoms with E-state index in [9.17, 15) is 14.4 Å². The number of ether oxygens (including phenoxy) is 1. The summed E-state index contributed by atoms with van der Waals surface area (Å²) in [6, 6.07) is 23.3. The van der Waals surface area contributed by atoms with Crippen LogP contribution < -0.4 is 15.7 Å². The summed E-state index contributed by atoms with van der Waals surface area (Å²) in [6.45, 7) is 1.04. The molecule has 1 aromatic heterocycles. The predicted octanol–water partition coefficient (Wildman–Crippen LogP) is 3.14. The van der Waals surface area contributed by atoms with E-state index in [1.165, 1.54) is 13.1 Å². The van der Waals surface area contributed by atoms with Crippen LogP contribution in [-0.2, 0) is 16.1 Å². The lowest BCUT2D eigenvalue weighted by Gasteiger charge is -2.10. The number of benzene rings is 3. The third-order valence-electron chi connectivity index (χ3n) is 4.75. The van der Waals surface area contributed by atoms with Gasteiger partial charge in [0.2, 0.25) is 0 Å². The number of hydrogen-bond donors (Lipinski definition) is 1. The highest BCUT2D eigenvalue weighted by Gasteiger charge is 2.13. The number of aromatic nitrogens is 2. The van der Waals surface area contributed by atoms with E-state index in [1.807, 2.05) is 42.5 Å². The maximum absolute atomic E-state index is 12.9. The summed E-state index contributed by atoms with van der Waals surface area (Å²) >= 11 is 0. The number of amides is 1. The second-order valence-corrected chi connectivity index (χ2v) is 7.18. The molecule has 4 aromatic rings. The molecule has 0 atom stereocenters. The molecule has 8 heteroatoms. The molecule has 164 valence electrons. The van der Waals surface area contributed by atoms with E-state index in [2.05, 4.69) is 15.6 Å². The summed E-state index contributed by atoms with van der Waals surface area (Å²) in [5, 5.41) is 9.59. The summed E-state index contributed by atoms with van der Waals surface area (Å²) in [5.41, 5.74) is 4.21. The first-order chi connectivity index (χ1) is 16.0. The minimum atomic E-state index is -0.494. The van der Waals surface area contributed by atoms with Gasteiger partial charge in [-0.15, -0.1) is 0 Å². The van der Waals surface area contributed by atoms with Crippen molar-refractivity contribution < 1.29 is 14.3 Å². The van der Waals surface area contributed by atoms with Gasteiger partial charge in [0, 0.05) is 17.9 Å². The standard InChI is InChI=1S/C25H20N4O4/c1-17(30)33-20-13-11-18(12-14-20)15-26-27-23(31)16-29-25(32)22-10-6-5-9-21(22)24(28-29)19-7-3-2-4-8-19/h2-15H,16H2,1H3,(H,27,31)/b26-15+. The Hall–Kier alpha value is -4.59. The number of nitrogens with zero attached hydrogens (tertiary/aromatic N) is 3. The highest BCUT2D eigenvalue weighted by molar-refractivity contribution is 5.94. The zero-order valence-corrected chi connectivity index (χ0v) is 17.8. The Morgan fingerprint density at radius 2 is 1.64 bits per heavy atom. The Balaban J connectivity index is 1.52.